The largest absolute Gasteiger partial charge is 0.380 e. The van der Waals surface area contributed by atoms with Crippen LogP contribution in [0, 0.1) is 5.92 Å². The molecule has 104 valence electrons. The molecule has 2 N–H and O–H groups in total. The first kappa shape index (κ1) is 14.0. The fraction of sp³-hybridized carbons (Fsp3) is 0.533. The lowest BCUT2D eigenvalue weighted by atomic mass is 10.0. The number of carbonyl (C=O) groups is 1. The SMILES string of the molecule is COCc1ccccc1CNC(=O)CC1CCNC1. The monoisotopic (exact) mass is 262 g/mol. The van der Waals surface area contributed by atoms with Gasteiger partial charge in [-0.15, -0.1) is 0 Å². The predicted molar refractivity (Wildman–Crippen MR) is 74.6 cm³/mol. The first-order valence-electron chi connectivity index (χ1n) is 6.82. The van der Waals surface area contributed by atoms with E-state index < -0.39 is 0 Å². The van der Waals surface area contributed by atoms with E-state index >= 15 is 0 Å². The molecule has 0 aromatic heterocycles. The van der Waals surface area contributed by atoms with Gasteiger partial charge in [0.15, 0.2) is 0 Å². The third kappa shape index (κ3) is 4.33. The van der Waals surface area contributed by atoms with Crippen LogP contribution in [0.25, 0.3) is 0 Å². The summed E-state index contributed by atoms with van der Waals surface area (Å²) in [5.41, 5.74) is 2.26. The van der Waals surface area contributed by atoms with Crippen molar-refractivity contribution in [3.05, 3.63) is 35.4 Å². The van der Waals surface area contributed by atoms with Crippen molar-refractivity contribution in [3.63, 3.8) is 0 Å². The minimum Gasteiger partial charge on any atom is -0.380 e. The van der Waals surface area contributed by atoms with E-state index in [2.05, 4.69) is 10.6 Å². The Bertz CT molecular complexity index is 414. The number of rotatable bonds is 6. The van der Waals surface area contributed by atoms with Crippen molar-refractivity contribution in [1.82, 2.24) is 10.6 Å². The Balaban J connectivity index is 1.82. The van der Waals surface area contributed by atoms with Gasteiger partial charge in [-0.3, -0.25) is 4.79 Å². The molecular weight excluding hydrogens is 240 g/mol. The maximum atomic E-state index is 11.9. The molecule has 1 unspecified atom stereocenters. The van der Waals surface area contributed by atoms with Crippen LogP contribution >= 0.6 is 0 Å². The summed E-state index contributed by atoms with van der Waals surface area (Å²) in [5, 5.41) is 6.28. The summed E-state index contributed by atoms with van der Waals surface area (Å²) in [6, 6.07) is 8.04. The number of carbonyl (C=O) groups excluding carboxylic acids is 1. The van der Waals surface area contributed by atoms with Crippen LogP contribution in [0.2, 0.25) is 0 Å². The zero-order valence-corrected chi connectivity index (χ0v) is 11.4. The number of nitrogens with one attached hydrogen (secondary N) is 2. The number of hydrogen-bond donors (Lipinski definition) is 2. The van der Waals surface area contributed by atoms with E-state index in [1.165, 1.54) is 0 Å². The highest BCUT2D eigenvalue weighted by atomic mass is 16.5. The molecule has 0 radical (unpaired) electrons. The first-order chi connectivity index (χ1) is 9.29. The lowest BCUT2D eigenvalue weighted by molar-refractivity contribution is -0.122. The van der Waals surface area contributed by atoms with E-state index in [1.54, 1.807) is 7.11 Å². The molecule has 1 atom stereocenters. The molecule has 4 heteroatoms. The summed E-state index contributed by atoms with van der Waals surface area (Å²) in [4.78, 5) is 11.9. The zero-order chi connectivity index (χ0) is 13.5. The third-order valence-electron chi connectivity index (χ3n) is 3.53. The van der Waals surface area contributed by atoms with Crippen molar-refractivity contribution in [2.75, 3.05) is 20.2 Å². The zero-order valence-electron chi connectivity index (χ0n) is 11.4. The summed E-state index contributed by atoms with van der Waals surface area (Å²) in [7, 11) is 1.68. The molecule has 0 spiro atoms. The average molecular weight is 262 g/mol. The predicted octanol–water partition coefficient (Wildman–Crippen LogP) is 1.45. The lowest BCUT2D eigenvalue weighted by Gasteiger charge is -2.12. The van der Waals surface area contributed by atoms with E-state index in [0.29, 0.717) is 25.5 Å². The highest BCUT2D eigenvalue weighted by Crippen LogP contribution is 2.13. The van der Waals surface area contributed by atoms with Crippen LogP contribution in [0.1, 0.15) is 24.0 Å². The van der Waals surface area contributed by atoms with Gasteiger partial charge >= 0.3 is 0 Å². The van der Waals surface area contributed by atoms with Crippen LogP contribution in [0.15, 0.2) is 24.3 Å². The molecule has 1 saturated heterocycles. The molecule has 1 aliphatic heterocycles. The Hall–Kier alpha value is -1.39. The standard InChI is InChI=1S/C15H22N2O2/c1-19-11-14-5-3-2-4-13(14)10-17-15(18)8-12-6-7-16-9-12/h2-5,12,16H,6-11H2,1H3,(H,17,18). The second-order valence-electron chi connectivity index (χ2n) is 5.04. The normalized spacial score (nSPS) is 18.5. The average Bonchev–Trinajstić information content (AvgIpc) is 2.91. The summed E-state index contributed by atoms with van der Waals surface area (Å²) in [5.74, 6) is 0.634. The highest BCUT2D eigenvalue weighted by Gasteiger charge is 2.17. The molecule has 2 rings (SSSR count). The van der Waals surface area contributed by atoms with Gasteiger partial charge in [0.1, 0.15) is 0 Å². The Morgan fingerprint density at radius 3 is 2.89 bits per heavy atom. The molecule has 4 nitrogen and oxygen atoms in total. The Morgan fingerprint density at radius 1 is 1.42 bits per heavy atom. The second-order valence-corrected chi connectivity index (χ2v) is 5.04. The quantitative estimate of drug-likeness (QED) is 0.816. The third-order valence-corrected chi connectivity index (χ3v) is 3.53. The molecule has 0 aliphatic carbocycles. The van der Waals surface area contributed by atoms with Gasteiger partial charge in [0, 0.05) is 20.1 Å². The molecule has 0 saturated carbocycles. The molecular formula is C15H22N2O2. The van der Waals surface area contributed by atoms with E-state index in [-0.39, 0.29) is 5.91 Å². The summed E-state index contributed by atoms with van der Waals surface area (Å²) < 4.78 is 5.16. The number of amides is 1. The molecule has 19 heavy (non-hydrogen) atoms. The second kappa shape index (κ2) is 7.26. The van der Waals surface area contributed by atoms with Crippen LogP contribution in [0.5, 0.6) is 0 Å². The summed E-state index contributed by atoms with van der Waals surface area (Å²) in [6.07, 6.45) is 1.73. The fourth-order valence-corrected chi connectivity index (χ4v) is 2.44. The van der Waals surface area contributed by atoms with Crippen LogP contribution in [0.3, 0.4) is 0 Å². The van der Waals surface area contributed by atoms with Gasteiger partial charge in [-0.1, -0.05) is 24.3 Å². The molecule has 1 aromatic rings. The van der Waals surface area contributed by atoms with Crippen molar-refractivity contribution in [3.8, 4) is 0 Å². The molecule has 1 aliphatic rings. The number of methoxy groups -OCH3 is 1. The van der Waals surface area contributed by atoms with Gasteiger partial charge in [-0.25, -0.2) is 0 Å². The maximum absolute atomic E-state index is 11.9. The minimum atomic E-state index is 0.140. The van der Waals surface area contributed by atoms with Gasteiger partial charge in [0.2, 0.25) is 5.91 Å². The van der Waals surface area contributed by atoms with Gasteiger partial charge in [-0.05, 0) is 36.6 Å². The van der Waals surface area contributed by atoms with Crippen molar-refractivity contribution in [1.29, 1.82) is 0 Å². The molecule has 1 amide bonds. The van der Waals surface area contributed by atoms with E-state index in [0.717, 1.165) is 30.6 Å². The van der Waals surface area contributed by atoms with E-state index in [1.807, 2.05) is 24.3 Å². The smallest absolute Gasteiger partial charge is 0.220 e. The Kier molecular flexibility index (Phi) is 5.36. The van der Waals surface area contributed by atoms with Crippen molar-refractivity contribution in [2.24, 2.45) is 5.92 Å². The van der Waals surface area contributed by atoms with Crippen molar-refractivity contribution < 1.29 is 9.53 Å². The minimum absolute atomic E-state index is 0.140. The van der Waals surface area contributed by atoms with Gasteiger partial charge in [0.05, 0.1) is 6.61 Å². The lowest BCUT2D eigenvalue weighted by Crippen LogP contribution is -2.26. The van der Waals surface area contributed by atoms with Crippen LogP contribution in [-0.2, 0) is 22.7 Å². The summed E-state index contributed by atoms with van der Waals surface area (Å²) in [6.45, 7) is 3.17. The highest BCUT2D eigenvalue weighted by molar-refractivity contribution is 5.76. The van der Waals surface area contributed by atoms with Crippen LogP contribution in [-0.4, -0.2) is 26.1 Å². The Labute approximate surface area is 114 Å². The number of hydrogen-bond acceptors (Lipinski definition) is 3. The summed E-state index contributed by atoms with van der Waals surface area (Å²) >= 11 is 0. The molecule has 1 heterocycles. The maximum Gasteiger partial charge on any atom is 0.220 e. The van der Waals surface area contributed by atoms with E-state index in [4.69, 9.17) is 4.74 Å². The van der Waals surface area contributed by atoms with Crippen molar-refractivity contribution in [2.45, 2.75) is 26.0 Å². The van der Waals surface area contributed by atoms with Crippen LogP contribution < -0.4 is 10.6 Å². The topological polar surface area (TPSA) is 50.4 Å². The van der Waals surface area contributed by atoms with E-state index in [9.17, 15) is 4.79 Å². The van der Waals surface area contributed by atoms with Crippen LogP contribution in [0.4, 0.5) is 0 Å². The van der Waals surface area contributed by atoms with Gasteiger partial charge in [-0.2, -0.15) is 0 Å². The van der Waals surface area contributed by atoms with Gasteiger partial charge < -0.3 is 15.4 Å². The fourth-order valence-electron chi connectivity index (χ4n) is 2.44. The molecule has 1 aromatic carbocycles. The molecule has 1 fully saturated rings. The first-order valence-corrected chi connectivity index (χ1v) is 6.82. The molecule has 0 bridgehead atoms. The van der Waals surface area contributed by atoms with Gasteiger partial charge in [0.25, 0.3) is 0 Å². The number of benzene rings is 1. The van der Waals surface area contributed by atoms with Crippen molar-refractivity contribution >= 4 is 5.91 Å². The number of ether oxygens (including phenoxy) is 1. The Morgan fingerprint density at radius 2 is 2.21 bits per heavy atom.